The molecule has 0 amide bonds. The summed E-state index contributed by atoms with van der Waals surface area (Å²) in [4.78, 5) is 0. The van der Waals surface area contributed by atoms with Crippen LogP contribution in [-0.4, -0.2) is 61.4 Å². The van der Waals surface area contributed by atoms with Gasteiger partial charge in [-0.1, -0.05) is 210 Å². The van der Waals surface area contributed by atoms with Gasteiger partial charge in [0.05, 0.1) is 31.0 Å². The molecule has 8 aromatic carbocycles. The number of aliphatic hydroxyl groups is 1. The van der Waals surface area contributed by atoms with Crippen LogP contribution in [0, 0.1) is 0 Å². The number of hydrogen-bond donors (Lipinski definition) is 1. The molecule has 2 aliphatic carbocycles. The highest BCUT2D eigenvalue weighted by Gasteiger charge is 2.49. The molecule has 4 aliphatic rings. The molecule has 0 saturated carbocycles. The first-order chi connectivity index (χ1) is 39.2. The number of hydrogen-bond acceptors (Lipinski definition) is 7. The normalized spacial score (nSPS) is 22.3. The summed E-state index contributed by atoms with van der Waals surface area (Å²) in [5.74, 6) is 3.27. The average molecular weight is 1080 g/mol. The van der Waals surface area contributed by atoms with E-state index in [-0.39, 0.29) is 42.2 Å². The molecule has 0 aromatic heterocycles. The van der Waals surface area contributed by atoms with Crippen molar-refractivity contribution in [2.75, 3.05) is 38.8 Å². The Hall–Kier alpha value is -6.45. The first-order valence-corrected chi connectivity index (χ1v) is 30.5. The van der Waals surface area contributed by atoms with Crippen LogP contribution in [0.15, 0.2) is 206 Å². The van der Waals surface area contributed by atoms with Crippen LogP contribution in [0.2, 0.25) is 0 Å². The van der Waals surface area contributed by atoms with Crippen molar-refractivity contribution in [3.63, 3.8) is 0 Å². The van der Waals surface area contributed by atoms with Crippen molar-refractivity contribution in [3.8, 4) is 11.5 Å². The maximum Gasteiger partial charge on any atom is 0.119 e. The van der Waals surface area contributed by atoms with E-state index in [1.54, 1.807) is 0 Å². The first-order valence-electron chi connectivity index (χ1n) is 29.4. The summed E-state index contributed by atoms with van der Waals surface area (Å²) < 4.78 is 31.7. The molecule has 7 atom stereocenters. The summed E-state index contributed by atoms with van der Waals surface area (Å²) in [5.41, 5.74) is 13.6. The fraction of sp³-hybridized carbons (Fsp3) is 0.342. The van der Waals surface area contributed by atoms with E-state index in [0.29, 0.717) is 17.6 Å². The van der Waals surface area contributed by atoms with E-state index in [2.05, 4.69) is 234 Å². The molecule has 2 saturated heterocycles. The number of benzene rings is 8. The number of thioether (sulfide) groups is 1. The lowest BCUT2D eigenvalue weighted by Crippen LogP contribution is -2.34. The smallest absolute Gasteiger partial charge is 0.119 e. The van der Waals surface area contributed by atoms with E-state index < -0.39 is 17.1 Å². The molecule has 6 nitrogen and oxygen atoms in total. The van der Waals surface area contributed by atoms with Crippen molar-refractivity contribution in [2.45, 2.75) is 118 Å². The van der Waals surface area contributed by atoms with Crippen LogP contribution in [0.3, 0.4) is 0 Å². The van der Waals surface area contributed by atoms with Crippen molar-refractivity contribution in [1.29, 1.82) is 0 Å². The lowest BCUT2D eigenvalue weighted by molar-refractivity contribution is -0.0961. The Morgan fingerprint density at radius 1 is 0.487 bits per heavy atom. The van der Waals surface area contributed by atoms with Crippen LogP contribution >= 0.6 is 11.8 Å². The minimum atomic E-state index is -0.841. The van der Waals surface area contributed by atoms with Gasteiger partial charge in [0.2, 0.25) is 0 Å². The van der Waals surface area contributed by atoms with Crippen LogP contribution in [-0.2, 0) is 36.2 Å². The van der Waals surface area contributed by atoms with Gasteiger partial charge in [0.15, 0.2) is 0 Å². The largest absolute Gasteiger partial charge is 0.492 e. The molecule has 0 bridgehead atoms. The Kier molecular flexibility index (Phi) is 15.7. The third-order valence-electron chi connectivity index (χ3n) is 18.6. The minimum Gasteiger partial charge on any atom is -0.492 e. The summed E-state index contributed by atoms with van der Waals surface area (Å²) in [6.07, 6.45) is 4.44. The molecular formula is C73H76O6S. The summed E-state index contributed by atoms with van der Waals surface area (Å²) in [6, 6.07) is 75.9. The topological polar surface area (TPSA) is 69.7 Å². The quantitative estimate of drug-likeness (QED) is 0.0605. The van der Waals surface area contributed by atoms with Crippen molar-refractivity contribution in [2.24, 2.45) is 0 Å². The number of epoxide rings is 1. The van der Waals surface area contributed by atoms with Gasteiger partial charge < -0.3 is 28.8 Å². The second-order valence-corrected chi connectivity index (χ2v) is 24.1. The Labute approximate surface area is 478 Å². The van der Waals surface area contributed by atoms with E-state index in [9.17, 15) is 5.11 Å². The molecule has 7 unspecified atom stereocenters. The molecule has 8 aromatic rings. The molecular weight excluding hydrogens is 1000 g/mol. The van der Waals surface area contributed by atoms with Crippen molar-refractivity contribution >= 4 is 11.8 Å². The molecule has 0 radical (unpaired) electrons. The molecule has 0 spiro atoms. The molecule has 12 rings (SSSR count). The predicted octanol–water partition coefficient (Wildman–Crippen LogP) is 15.8. The maximum atomic E-state index is 11.6. The van der Waals surface area contributed by atoms with Gasteiger partial charge in [-0.15, -0.1) is 0 Å². The number of ether oxygens (including phenoxy) is 5. The molecule has 2 aliphatic heterocycles. The minimum absolute atomic E-state index is 0.104. The molecule has 80 heavy (non-hydrogen) atoms. The Bertz CT molecular complexity index is 3310. The zero-order chi connectivity index (χ0) is 54.7. The highest BCUT2D eigenvalue weighted by molar-refractivity contribution is 8.06. The zero-order valence-electron chi connectivity index (χ0n) is 46.9. The molecule has 410 valence electrons. The van der Waals surface area contributed by atoms with E-state index in [0.717, 1.165) is 63.1 Å². The fourth-order valence-corrected chi connectivity index (χ4v) is 14.2. The van der Waals surface area contributed by atoms with Crippen LogP contribution in [0.1, 0.15) is 145 Å². The van der Waals surface area contributed by atoms with E-state index in [4.69, 9.17) is 23.7 Å². The number of fused-ring (bicyclic) bond motifs is 2. The maximum absolute atomic E-state index is 11.6. The Balaban J connectivity index is 0.775. The van der Waals surface area contributed by atoms with E-state index in [1.165, 1.54) is 67.0 Å². The average Bonchev–Trinajstić information content (AvgIpc) is 4.51. The van der Waals surface area contributed by atoms with Gasteiger partial charge in [0.1, 0.15) is 36.9 Å². The summed E-state index contributed by atoms with van der Waals surface area (Å²) in [6.45, 7) is 11.2. The van der Waals surface area contributed by atoms with Crippen molar-refractivity contribution in [3.05, 3.63) is 273 Å². The highest BCUT2D eigenvalue weighted by Crippen LogP contribution is 2.58. The fourth-order valence-electron chi connectivity index (χ4n) is 13.8. The van der Waals surface area contributed by atoms with E-state index >= 15 is 0 Å². The second kappa shape index (κ2) is 23.2. The second-order valence-electron chi connectivity index (χ2n) is 22.7. The van der Waals surface area contributed by atoms with Gasteiger partial charge in [-0.3, -0.25) is 0 Å². The van der Waals surface area contributed by atoms with Gasteiger partial charge in [0.25, 0.3) is 0 Å². The number of aliphatic hydroxyl groups excluding tert-OH is 1. The van der Waals surface area contributed by atoms with Gasteiger partial charge in [-0.25, -0.2) is 0 Å². The highest BCUT2D eigenvalue weighted by atomic mass is 32.2. The van der Waals surface area contributed by atoms with Crippen LogP contribution < -0.4 is 9.47 Å². The summed E-state index contributed by atoms with van der Waals surface area (Å²) in [5, 5.41) is 12.2. The van der Waals surface area contributed by atoms with Crippen LogP contribution in [0.25, 0.3) is 0 Å². The molecule has 7 heteroatoms. The van der Waals surface area contributed by atoms with Gasteiger partial charge in [-0.05, 0) is 130 Å². The lowest BCUT2D eigenvalue weighted by atomic mass is 9.69. The summed E-state index contributed by atoms with van der Waals surface area (Å²) in [7, 11) is 0. The van der Waals surface area contributed by atoms with Crippen molar-refractivity contribution < 1.29 is 28.8 Å². The molecule has 1 N–H and O–H groups in total. The van der Waals surface area contributed by atoms with Crippen molar-refractivity contribution in [1.82, 2.24) is 0 Å². The van der Waals surface area contributed by atoms with Crippen LogP contribution in [0.4, 0.5) is 0 Å². The predicted molar refractivity (Wildman–Crippen MR) is 324 cm³/mol. The Morgan fingerprint density at radius 3 is 1.31 bits per heavy atom. The monoisotopic (exact) mass is 1080 g/mol. The molecule has 2 fully saturated rings. The zero-order valence-corrected chi connectivity index (χ0v) is 47.7. The van der Waals surface area contributed by atoms with Gasteiger partial charge in [-0.2, -0.15) is 11.8 Å². The van der Waals surface area contributed by atoms with Gasteiger partial charge in [0, 0.05) is 33.7 Å². The number of rotatable bonds is 24. The first kappa shape index (κ1) is 54.2. The Morgan fingerprint density at radius 2 is 0.887 bits per heavy atom. The van der Waals surface area contributed by atoms with Gasteiger partial charge >= 0.3 is 0 Å². The standard InChI is InChI=1S/C73H76O6S/c1-5-70(6-2,53-27-31-55(32-28-53)73(58-37-41-61(42-38-58)77-49-63-50-80-63)44-67(52-21-13-10-14-22-52)65-24-16-18-26-69(65)73)78-46-59(74)45-75-60-39-35-57(36-40-60)72(43-66(51-19-11-9-12-20-51)64-23-15-17-25-68(64)72)56-33-29-54(30-34-56)71(7-3,8-4)79-48-62-47-76-62/h9-42,59,62-63,66-67,74H,5-8,43-50H2,1-4H3. The summed E-state index contributed by atoms with van der Waals surface area (Å²) >= 11 is 1.96. The third-order valence-corrected chi connectivity index (χ3v) is 19.5. The van der Waals surface area contributed by atoms with E-state index in [1.807, 2.05) is 11.8 Å². The lowest BCUT2D eigenvalue weighted by Gasteiger charge is -2.36. The van der Waals surface area contributed by atoms with Crippen LogP contribution in [0.5, 0.6) is 11.5 Å². The molecule has 2 heterocycles. The third kappa shape index (κ3) is 10.3. The SMILES string of the molecule is CCC(CC)(OCC(O)COc1ccc(C2(c3ccc(C(CC)(CC)OCC4CO4)cc3)CC(c3ccccc3)c3ccccc32)cc1)c1ccc(C2(c3ccc(OCC4CS4)cc3)CC(c3ccccc3)c3ccccc32)cc1.